The Hall–Kier alpha value is -3.58. The average Bonchev–Trinajstić information content (AvgIpc) is 3.37. The Morgan fingerprint density at radius 2 is 2.12 bits per heavy atom. The highest BCUT2D eigenvalue weighted by molar-refractivity contribution is 7.80. The van der Waals surface area contributed by atoms with E-state index in [1.54, 1.807) is 6.08 Å². The van der Waals surface area contributed by atoms with Gasteiger partial charge < -0.3 is 14.0 Å². The zero-order valence-corrected chi connectivity index (χ0v) is 20.1. The maximum absolute atomic E-state index is 12.5. The van der Waals surface area contributed by atoms with Gasteiger partial charge in [0.15, 0.2) is 0 Å². The first-order valence-electron chi connectivity index (χ1n) is 11.3. The highest BCUT2D eigenvalue weighted by Crippen LogP contribution is 2.35. The Morgan fingerprint density at radius 3 is 2.91 bits per heavy atom. The van der Waals surface area contributed by atoms with E-state index in [1.165, 1.54) is 11.8 Å². The molecule has 1 unspecified atom stereocenters. The monoisotopic (exact) mass is 470 g/mol. The fourth-order valence-corrected chi connectivity index (χ4v) is 4.96. The second-order valence-corrected chi connectivity index (χ2v) is 9.09. The summed E-state index contributed by atoms with van der Waals surface area (Å²) in [5.74, 6) is 0.542. The van der Waals surface area contributed by atoms with E-state index in [9.17, 15) is 4.79 Å². The molecule has 0 saturated carbocycles. The van der Waals surface area contributed by atoms with E-state index in [4.69, 9.17) is 4.84 Å². The van der Waals surface area contributed by atoms with Crippen LogP contribution in [-0.4, -0.2) is 25.8 Å². The average molecular weight is 471 g/mol. The molecule has 5 rings (SSSR count). The van der Waals surface area contributed by atoms with Crippen LogP contribution in [0.5, 0.6) is 0 Å². The minimum absolute atomic E-state index is 0.101. The van der Waals surface area contributed by atoms with Crippen LogP contribution in [0.1, 0.15) is 29.1 Å². The van der Waals surface area contributed by atoms with E-state index in [0.717, 1.165) is 57.8 Å². The first-order valence-corrected chi connectivity index (χ1v) is 11.8. The molecule has 2 aromatic heterocycles. The van der Waals surface area contributed by atoms with Crippen molar-refractivity contribution in [1.82, 2.24) is 14.1 Å². The maximum Gasteiger partial charge on any atom is 0.358 e. The van der Waals surface area contributed by atoms with Crippen LogP contribution in [0.25, 0.3) is 17.0 Å². The van der Waals surface area contributed by atoms with Crippen LogP contribution >= 0.6 is 12.6 Å². The SMILES string of the molecule is Cc1nccn1CC1CCc2c(c3ccccc3n2C)C1=NOC(=O)C=Cc1cccc(S)c1. The van der Waals surface area contributed by atoms with Gasteiger partial charge >= 0.3 is 5.97 Å². The number of fused-ring (bicyclic) bond motifs is 3. The fraction of sp³-hybridized carbons (Fsp3) is 0.222. The van der Waals surface area contributed by atoms with Gasteiger partial charge in [0.05, 0.1) is 5.71 Å². The van der Waals surface area contributed by atoms with Crippen LogP contribution in [0.2, 0.25) is 0 Å². The first-order chi connectivity index (χ1) is 16.5. The smallest absolute Gasteiger partial charge is 0.347 e. The molecule has 0 amide bonds. The number of benzene rings is 2. The van der Waals surface area contributed by atoms with Gasteiger partial charge in [-0.2, -0.15) is 0 Å². The number of thiol groups is 1. The number of hydrogen-bond donors (Lipinski definition) is 1. The number of nitrogens with zero attached hydrogens (tertiary/aromatic N) is 4. The van der Waals surface area contributed by atoms with Crippen molar-refractivity contribution in [3.05, 3.63) is 89.6 Å². The third-order valence-electron chi connectivity index (χ3n) is 6.46. The summed E-state index contributed by atoms with van der Waals surface area (Å²) < 4.78 is 4.35. The number of rotatable bonds is 5. The Bertz CT molecular complexity index is 1430. The number of imidazole rings is 1. The number of para-hydroxylation sites is 1. The largest absolute Gasteiger partial charge is 0.358 e. The quantitative estimate of drug-likeness (QED) is 0.189. The molecule has 0 N–H and O–H groups in total. The van der Waals surface area contributed by atoms with Gasteiger partial charge in [0.2, 0.25) is 0 Å². The standard InChI is InChI=1S/C27H26N4O2S/c1-18-28-14-15-31(18)17-20-11-12-24-26(22-8-3-4-9-23(22)30(24)2)27(20)29-33-25(32)13-10-19-6-5-7-21(34)16-19/h3-10,13-16,20,34H,11-12,17H2,1-2H3. The molecule has 2 heterocycles. The van der Waals surface area contributed by atoms with Crippen LogP contribution in [0.15, 0.2) is 77.1 Å². The van der Waals surface area contributed by atoms with Crippen LogP contribution in [-0.2, 0) is 29.6 Å². The summed E-state index contributed by atoms with van der Waals surface area (Å²) in [6.07, 6.45) is 8.74. The summed E-state index contributed by atoms with van der Waals surface area (Å²) >= 11 is 4.34. The molecule has 2 aromatic carbocycles. The molecular weight excluding hydrogens is 444 g/mol. The van der Waals surface area contributed by atoms with E-state index in [-0.39, 0.29) is 5.92 Å². The summed E-state index contributed by atoms with van der Waals surface area (Å²) in [6, 6.07) is 15.9. The lowest BCUT2D eigenvalue weighted by molar-refractivity contribution is -0.137. The summed E-state index contributed by atoms with van der Waals surface area (Å²) in [5.41, 5.74) is 5.13. The van der Waals surface area contributed by atoms with Gasteiger partial charge in [-0.15, -0.1) is 12.6 Å². The minimum atomic E-state index is -0.512. The first kappa shape index (κ1) is 22.2. The van der Waals surface area contributed by atoms with Gasteiger partial charge in [0.25, 0.3) is 0 Å². The molecule has 4 aromatic rings. The van der Waals surface area contributed by atoms with E-state index in [0.29, 0.717) is 0 Å². The second-order valence-electron chi connectivity index (χ2n) is 8.58. The molecule has 1 aliphatic rings. The Labute approximate surface area is 204 Å². The Balaban J connectivity index is 1.49. The predicted molar refractivity (Wildman–Crippen MR) is 137 cm³/mol. The highest BCUT2D eigenvalue weighted by atomic mass is 32.1. The molecule has 1 atom stereocenters. The lowest BCUT2D eigenvalue weighted by Crippen LogP contribution is -2.28. The van der Waals surface area contributed by atoms with Crippen molar-refractivity contribution in [1.29, 1.82) is 0 Å². The zero-order chi connectivity index (χ0) is 23.7. The number of hydrogen-bond acceptors (Lipinski definition) is 5. The molecule has 6 nitrogen and oxygen atoms in total. The second kappa shape index (κ2) is 9.35. The van der Waals surface area contributed by atoms with Gasteiger partial charge in [0, 0.05) is 65.0 Å². The summed E-state index contributed by atoms with van der Waals surface area (Å²) in [4.78, 5) is 23.2. The molecule has 172 valence electrons. The molecule has 0 aliphatic heterocycles. The topological polar surface area (TPSA) is 61.4 Å². The molecule has 0 bridgehead atoms. The van der Waals surface area contributed by atoms with Gasteiger partial charge in [-0.25, -0.2) is 9.78 Å². The molecule has 0 spiro atoms. The van der Waals surface area contributed by atoms with Crippen LogP contribution in [0.3, 0.4) is 0 Å². The Kier molecular flexibility index (Phi) is 6.11. The van der Waals surface area contributed by atoms with Crippen molar-refractivity contribution in [2.45, 2.75) is 31.2 Å². The van der Waals surface area contributed by atoms with Gasteiger partial charge in [-0.3, -0.25) is 0 Å². The Morgan fingerprint density at radius 1 is 1.26 bits per heavy atom. The van der Waals surface area contributed by atoms with Crippen molar-refractivity contribution < 1.29 is 9.63 Å². The van der Waals surface area contributed by atoms with E-state index < -0.39 is 5.97 Å². The van der Waals surface area contributed by atoms with Crippen molar-refractivity contribution in [2.24, 2.45) is 18.1 Å². The highest BCUT2D eigenvalue weighted by Gasteiger charge is 2.31. The summed E-state index contributed by atoms with van der Waals surface area (Å²) in [6.45, 7) is 2.73. The predicted octanol–water partition coefficient (Wildman–Crippen LogP) is 5.20. The molecule has 7 heteroatoms. The van der Waals surface area contributed by atoms with Gasteiger partial charge in [-0.05, 0) is 49.6 Å². The zero-order valence-electron chi connectivity index (χ0n) is 19.2. The van der Waals surface area contributed by atoms with E-state index >= 15 is 0 Å². The van der Waals surface area contributed by atoms with Crippen LogP contribution in [0.4, 0.5) is 0 Å². The number of aromatic nitrogens is 3. The lowest BCUT2D eigenvalue weighted by atomic mass is 9.84. The molecule has 0 radical (unpaired) electrons. The third-order valence-corrected chi connectivity index (χ3v) is 6.74. The van der Waals surface area contributed by atoms with Crippen molar-refractivity contribution in [2.75, 3.05) is 0 Å². The molecule has 0 saturated heterocycles. The minimum Gasteiger partial charge on any atom is -0.347 e. The molecule has 1 aliphatic carbocycles. The van der Waals surface area contributed by atoms with Gasteiger partial charge in [-0.1, -0.05) is 35.5 Å². The van der Waals surface area contributed by atoms with Crippen LogP contribution in [0, 0.1) is 12.8 Å². The number of aryl methyl sites for hydroxylation is 2. The molecule has 0 fully saturated rings. The molecule has 34 heavy (non-hydrogen) atoms. The summed E-state index contributed by atoms with van der Waals surface area (Å²) in [5, 5.41) is 5.59. The maximum atomic E-state index is 12.5. The van der Waals surface area contributed by atoms with Crippen molar-refractivity contribution in [3.63, 3.8) is 0 Å². The lowest BCUT2D eigenvalue weighted by Gasteiger charge is -2.25. The third kappa shape index (κ3) is 4.31. The molecular formula is C27H26N4O2S. The number of oxime groups is 1. The fourth-order valence-electron chi connectivity index (χ4n) is 4.73. The van der Waals surface area contributed by atoms with Crippen molar-refractivity contribution >= 4 is 41.3 Å². The van der Waals surface area contributed by atoms with Gasteiger partial charge in [0.1, 0.15) is 5.82 Å². The van der Waals surface area contributed by atoms with Crippen LogP contribution < -0.4 is 0 Å². The summed E-state index contributed by atoms with van der Waals surface area (Å²) in [7, 11) is 2.09. The normalized spacial score (nSPS) is 16.9. The number of carbonyl (C=O) groups excluding carboxylic acids is 1. The van der Waals surface area contributed by atoms with Crippen molar-refractivity contribution in [3.8, 4) is 0 Å². The van der Waals surface area contributed by atoms with E-state index in [1.807, 2.05) is 55.7 Å². The number of carbonyl (C=O) groups is 1. The van der Waals surface area contributed by atoms with E-state index in [2.05, 4.69) is 51.1 Å².